The molecule has 0 amide bonds. The van der Waals surface area contributed by atoms with E-state index in [2.05, 4.69) is 4.57 Å². The molecule has 0 aliphatic heterocycles. The van der Waals surface area contributed by atoms with Gasteiger partial charge in [-0.1, -0.05) is 41.9 Å². The van der Waals surface area contributed by atoms with Crippen molar-refractivity contribution < 1.29 is 14.6 Å². The second-order valence-corrected chi connectivity index (χ2v) is 7.01. The third-order valence-electron chi connectivity index (χ3n) is 4.51. The molecule has 1 aromatic heterocycles. The quantitative estimate of drug-likeness (QED) is 0.454. The van der Waals surface area contributed by atoms with Gasteiger partial charge in [0.25, 0.3) is 0 Å². The molecular weight excluding hydrogens is 374 g/mol. The minimum Gasteiger partial charge on any atom is -0.481 e. The van der Waals surface area contributed by atoms with Crippen LogP contribution in [0.4, 0.5) is 0 Å². The maximum Gasteiger partial charge on any atom is 0.307 e. The summed E-state index contributed by atoms with van der Waals surface area (Å²) in [7, 11) is 0. The number of hydrogen-bond acceptors (Lipinski definition) is 2. The molecule has 0 saturated heterocycles. The first kappa shape index (κ1) is 18.1. The first-order valence-corrected chi connectivity index (χ1v) is 9.27. The average Bonchev–Trinajstić information content (AvgIpc) is 3.01. The highest BCUT2D eigenvalue weighted by atomic mass is 35.5. The van der Waals surface area contributed by atoms with Crippen molar-refractivity contribution in [2.45, 2.75) is 13.0 Å². The van der Waals surface area contributed by atoms with Crippen molar-refractivity contribution in [2.75, 3.05) is 0 Å². The first-order chi connectivity index (χ1) is 13.6. The molecule has 0 bridgehead atoms. The zero-order chi connectivity index (χ0) is 19.5. The van der Waals surface area contributed by atoms with Crippen LogP contribution in [0.3, 0.4) is 0 Å². The van der Waals surface area contributed by atoms with Gasteiger partial charge in [0.15, 0.2) is 0 Å². The van der Waals surface area contributed by atoms with Gasteiger partial charge in [0.1, 0.15) is 11.5 Å². The van der Waals surface area contributed by atoms with E-state index in [1.165, 1.54) is 0 Å². The van der Waals surface area contributed by atoms with Gasteiger partial charge in [0.05, 0.1) is 6.42 Å². The molecule has 0 saturated carbocycles. The smallest absolute Gasteiger partial charge is 0.307 e. The number of carboxylic acids is 1. The third-order valence-corrected chi connectivity index (χ3v) is 4.77. The molecule has 4 aromatic rings. The highest BCUT2D eigenvalue weighted by Crippen LogP contribution is 2.26. The second kappa shape index (κ2) is 7.79. The molecule has 0 unspecified atom stereocenters. The van der Waals surface area contributed by atoms with Crippen LogP contribution in [-0.4, -0.2) is 15.6 Å². The van der Waals surface area contributed by atoms with Gasteiger partial charge in [0.2, 0.25) is 0 Å². The molecule has 28 heavy (non-hydrogen) atoms. The van der Waals surface area contributed by atoms with E-state index < -0.39 is 5.97 Å². The van der Waals surface area contributed by atoms with E-state index in [1.54, 1.807) is 12.1 Å². The van der Waals surface area contributed by atoms with Crippen molar-refractivity contribution in [1.82, 2.24) is 4.57 Å². The standard InChI is InChI=1S/C23H18ClNO3/c24-18-8-10-19(11-9-18)28-20-5-3-4-16(12-20)14-25-15-17(13-23(26)27)21-6-1-2-7-22(21)25/h1-12,15H,13-14H2,(H,26,27). The van der Waals surface area contributed by atoms with Crippen molar-refractivity contribution in [1.29, 1.82) is 0 Å². The van der Waals surface area contributed by atoms with E-state index in [0.29, 0.717) is 11.6 Å². The SMILES string of the molecule is O=C(O)Cc1cn(Cc2cccc(Oc3ccc(Cl)cc3)c2)c2ccccc12. The molecule has 0 atom stereocenters. The van der Waals surface area contributed by atoms with Gasteiger partial charge in [-0.2, -0.15) is 0 Å². The van der Waals surface area contributed by atoms with Crippen LogP contribution in [0.15, 0.2) is 79.0 Å². The van der Waals surface area contributed by atoms with Gasteiger partial charge >= 0.3 is 5.97 Å². The molecular formula is C23H18ClNO3. The lowest BCUT2D eigenvalue weighted by Crippen LogP contribution is -2.00. The van der Waals surface area contributed by atoms with Crippen molar-refractivity contribution in [3.05, 3.63) is 95.1 Å². The van der Waals surface area contributed by atoms with Crippen molar-refractivity contribution in [2.24, 2.45) is 0 Å². The van der Waals surface area contributed by atoms with Crippen molar-refractivity contribution in [3.8, 4) is 11.5 Å². The lowest BCUT2D eigenvalue weighted by atomic mass is 10.1. The molecule has 1 heterocycles. The first-order valence-electron chi connectivity index (χ1n) is 8.89. The Morgan fingerprint density at radius 1 is 0.964 bits per heavy atom. The minimum absolute atomic E-state index is 0.00717. The molecule has 4 nitrogen and oxygen atoms in total. The maximum absolute atomic E-state index is 11.2. The summed E-state index contributed by atoms with van der Waals surface area (Å²) in [5.41, 5.74) is 2.90. The van der Waals surface area contributed by atoms with E-state index in [4.69, 9.17) is 16.3 Å². The number of halogens is 1. The van der Waals surface area contributed by atoms with Crippen LogP contribution < -0.4 is 4.74 Å². The van der Waals surface area contributed by atoms with E-state index >= 15 is 0 Å². The van der Waals surface area contributed by atoms with Crippen LogP contribution >= 0.6 is 11.6 Å². The summed E-state index contributed by atoms with van der Waals surface area (Å²) in [5, 5.41) is 10.8. The number of fused-ring (bicyclic) bond motifs is 1. The average molecular weight is 392 g/mol. The summed E-state index contributed by atoms with van der Waals surface area (Å²) in [6.07, 6.45) is 1.93. The van der Waals surface area contributed by atoms with Crippen LogP contribution in [-0.2, 0) is 17.8 Å². The largest absolute Gasteiger partial charge is 0.481 e. The number of hydrogen-bond donors (Lipinski definition) is 1. The Morgan fingerprint density at radius 3 is 2.54 bits per heavy atom. The Hall–Kier alpha value is -3.24. The van der Waals surface area contributed by atoms with E-state index in [-0.39, 0.29) is 6.42 Å². The fourth-order valence-electron chi connectivity index (χ4n) is 3.30. The van der Waals surface area contributed by atoms with Crippen LogP contribution in [0.1, 0.15) is 11.1 Å². The van der Waals surface area contributed by atoms with Gasteiger partial charge in [-0.3, -0.25) is 4.79 Å². The third kappa shape index (κ3) is 4.02. The van der Waals surface area contributed by atoms with Gasteiger partial charge < -0.3 is 14.4 Å². The van der Waals surface area contributed by atoms with Crippen LogP contribution in [0.5, 0.6) is 11.5 Å². The summed E-state index contributed by atoms with van der Waals surface area (Å²) in [5.74, 6) is 0.625. The molecule has 0 radical (unpaired) electrons. The Kier molecular flexibility index (Phi) is 5.04. The second-order valence-electron chi connectivity index (χ2n) is 6.57. The molecule has 0 spiro atoms. The van der Waals surface area contributed by atoms with Crippen LogP contribution in [0.2, 0.25) is 5.02 Å². The molecule has 0 aliphatic carbocycles. The van der Waals surface area contributed by atoms with E-state index in [1.807, 2.05) is 66.9 Å². The Labute approximate surface area is 167 Å². The van der Waals surface area contributed by atoms with Crippen molar-refractivity contribution >= 4 is 28.5 Å². The number of carbonyl (C=O) groups is 1. The predicted molar refractivity (Wildman–Crippen MR) is 110 cm³/mol. The summed E-state index contributed by atoms with van der Waals surface area (Å²) < 4.78 is 7.99. The van der Waals surface area contributed by atoms with Crippen molar-refractivity contribution in [3.63, 3.8) is 0 Å². The highest BCUT2D eigenvalue weighted by Gasteiger charge is 2.11. The zero-order valence-corrected chi connectivity index (χ0v) is 15.8. The molecule has 3 aromatic carbocycles. The number of ether oxygens (including phenoxy) is 1. The summed E-state index contributed by atoms with van der Waals surface area (Å²) in [6.45, 7) is 0.623. The Bertz CT molecular complexity index is 1130. The number of nitrogens with zero attached hydrogens (tertiary/aromatic N) is 1. The number of para-hydroxylation sites is 1. The van der Waals surface area contributed by atoms with E-state index in [0.717, 1.165) is 33.5 Å². The predicted octanol–water partition coefficient (Wildman–Crippen LogP) is 5.76. The monoisotopic (exact) mass is 391 g/mol. The molecule has 0 fully saturated rings. The number of rotatable bonds is 6. The minimum atomic E-state index is -0.832. The Balaban J connectivity index is 1.61. The van der Waals surface area contributed by atoms with Gasteiger partial charge in [-0.15, -0.1) is 0 Å². The molecule has 5 heteroatoms. The van der Waals surface area contributed by atoms with Crippen LogP contribution in [0.25, 0.3) is 10.9 Å². The van der Waals surface area contributed by atoms with Gasteiger partial charge in [0, 0.05) is 28.7 Å². The topological polar surface area (TPSA) is 51.5 Å². The maximum atomic E-state index is 11.2. The number of aliphatic carboxylic acids is 1. The summed E-state index contributed by atoms with van der Waals surface area (Å²) >= 11 is 5.92. The Morgan fingerprint density at radius 2 is 1.75 bits per heavy atom. The lowest BCUT2D eigenvalue weighted by molar-refractivity contribution is -0.136. The summed E-state index contributed by atoms with van der Waals surface area (Å²) in [6, 6.07) is 23.0. The number of aromatic nitrogens is 1. The highest BCUT2D eigenvalue weighted by molar-refractivity contribution is 6.30. The summed E-state index contributed by atoms with van der Waals surface area (Å²) in [4.78, 5) is 11.2. The van der Waals surface area contributed by atoms with E-state index in [9.17, 15) is 9.90 Å². The molecule has 140 valence electrons. The zero-order valence-electron chi connectivity index (χ0n) is 15.0. The molecule has 0 aliphatic rings. The van der Waals surface area contributed by atoms with Gasteiger partial charge in [-0.25, -0.2) is 0 Å². The van der Waals surface area contributed by atoms with Crippen LogP contribution in [0, 0.1) is 0 Å². The fraction of sp³-hybridized carbons (Fsp3) is 0.0870. The number of benzene rings is 3. The number of carboxylic acid groups (broad SMARTS) is 1. The fourth-order valence-corrected chi connectivity index (χ4v) is 3.43. The molecule has 4 rings (SSSR count). The van der Waals surface area contributed by atoms with Gasteiger partial charge in [-0.05, 0) is 53.6 Å². The normalized spacial score (nSPS) is 10.9. The molecule has 1 N–H and O–H groups in total. The lowest BCUT2D eigenvalue weighted by Gasteiger charge is -2.09.